The maximum absolute atomic E-state index is 12.4. The molecule has 0 aliphatic heterocycles. The first kappa shape index (κ1) is 23.8. The minimum Gasteiger partial charge on any atom is -0.452 e. The van der Waals surface area contributed by atoms with Crippen molar-refractivity contribution in [2.24, 2.45) is 0 Å². The fraction of sp³-hybridized carbons (Fsp3) is 0.263. The van der Waals surface area contributed by atoms with Gasteiger partial charge in [-0.3, -0.25) is 19.7 Å². The van der Waals surface area contributed by atoms with Gasteiger partial charge in [-0.15, -0.1) is 0 Å². The van der Waals surface area contributed by atoms with Crippen molar-refractivity contribution < 1.29 is 27.7 Å². The third-order valence-electron chi connectivity index (χ3n) is 4.12. The van der Waals surface area contributed by atoms with E-state index in [1.165, 1.54) is 20.0 Å². The van der Waals surface area contributed by atoms with Crippen molar-refractivity contribution in [2.75, 3.05) is 24.2 Å². The minimum atomic E-state index is -4.23. The minimum absolute atomic E-state index is 0.136. The van der Waals surface area contributed by atoms with Gasteiger partial charge in [-0.05, 0) is 43.7 Å². The fourth-order valence-electron chi connectivity index (χ4n) is 2.54. The molecule has 0 fully saturated rings. The number of carbonyl (C=O) groups excluding carboxylic acids is 2. The number of amides is 1. The highest BCUT2D eigenvalue weighted by molar-refractivity contribution is 7.89. The summed E-state index contributed by atoms with van der Waals surface area (Å²) in [5, 5.41) is 16.3. The van der Waals surface area contributed by atoms with Crippen molar-refractivity contribution in [3.8, 4) is 0 Å². The Kier molecular flexibility index (Phi) is 7.67. The van der Waals surface area contributed by atoms with Crippen LogP contribution in [0.4, 0.5) is 17.1 Å². The number of ether oxygens (including phenoxy) is 1. The van der Waals surface area contributed by atoms with Crippen LogP contribution in [0.2, 0.25) is 0 Å². The third-order valence-corrected chi connectivity index (χ3v) is 5.51. The SMILES string of the molecule is CNc1ccc(S(=O)(=O)NCC(=O)OC(C)C(=O)Nc2cccc(C)c2)cc1[N+](=O)[O-]. The normalized spacial score (nSPS) is 12.0. The molecule has 0 aliphatic carbocycles. The molecule has 0 bridgehead atoms. The van der Waals surface area contributed by atoms with Crippen molar-refractivity contribution in [3.05, 3.63) is 58.1 Å². The Morgan fingerprint density at radius 2 is 1.90 bits per heavy atom. The van der Waals surface area contributed by atoms with Crippen molar-refractivity contribution in [1.82, 2.24) is 4.72 Å². The van der Waals surface area contributed by atoms with E-state index >= 15 is 0 Å². The van der Waals surface area contributed by atoms with Crippen LogP contribution >= 0.6 is 0 Å². The number of nitro benzene ring substituents is 1. The molecule has 12 heteroatoms. The molecule has 0 saturated heterocycles. The Morgan fingerprint density at radius 1 is 1.19 bits per heavy atom. The van der Waals surface area contributed by atoms with Crippen LogP contribution in [-0.2, 0) is 24.3 Å². The number of rotatable bonds is 9. The molecule has 166 valence electrons. The quantitative estimate of drug-likeness (QED) is 0.296. The average Bonchev–Trinajstić information content (AvgIpc) is 2.71. The summed E-state index contributed by atoms with van der Waals surface area (Å²) in [6, 6.07) is 10.3. The maximum atomic E-state index is 12.4. The zero-order chi connectivity index (χ0) is 23.2. The Hall–Kier alpha value is -3.51. The van der Waals surface area contributed by atoms with Gasteiger partial charge in [0.05, 0.1) is 9.82 Å². The van der Waals surface area contributed by atoms with Crippen LogP contribution in [0.25, 0.3) is 0 Å². The molecule has 1 unspecified atom stereocenters. The molecule has 0 aromatic heterocycles. The highest BCUT2D eigenvalue weighted by Crippen LogP contribution is 2.26. The van der Waals surface area contributed by atoms with E-state index in [9.17, 15) is 28.1 Å². The second kappa shape index (κ2) is 10.00. The van der Waals surface area contributed by atoms with Gasteiger partial charge in [-0.25, -0.2) is 8.42 Å². The summed E-state index contributed by atoms with van der Waals surface area (Å²) in [6.45, 7) is 2.44. The molecule has 2 aromatic rings. The summed E-state index contributed by atoms with van der Waals surface area (Å²) in [7, 11) is -2.77. The predicted octanol–water partition coefficient (Wildman–Crippen LogP) is 1.79. The van der Waals surface area contributed by atoms with Gasteiger partial charge in [0, 0.05) is 18.8 Å². The van der Waals surface area contributed by atoms with E-state index in [-0.39, 0.29) is 5.69 Å². The number of nitrogens with zero attached hydrogens (tertiary/aromatic N) is 1. The zero-order valence-electron chi connectivity index (χ0n) is 17.0. The molecule has 11 nitrogen and oxygen atoms in total. The summed E-state index contributed by atoms with van der Waals surface area (Å²) < 4.78 is 31.7. The topological polar surface area (TPSA) is 157 Å². The van der Waals surface area contributed by atoms with Gasteiger partial charge in [0.1, 0.15) is 12.2 Å². The van der Waals surface area contributed by atoms with E-state index in [2.05, 4.69) is 10.6 Å². The van der Waals surface area contributed by atoms with Gasteiger partial charge >= 0.3 is 5.97 Å². The van der Waals surface area contributed by atoms with Crippen LogP contribution in [0, 0.1) is 17.0 Å². The molecule has 1 atom stereocenters. The molecule has 1 amide bonds. The Balaban J connectivity index is 1.97. The molecule has 0 aliphatic rings. The number of anilines is 2. The highest BCUT2D eigenvalue weighted by Gasteiger charge is 2.23. The summed E-state index contributed by atoms with van der Waals surface area (Å²) >= 11 is 0. The molecule has 0 saturated carbocycles. The van der Waals surface area contributed by atoms with Crippen molar-refractivity contribution in [2.45, 2.75) is 24.8 Å². The van der Waals surface area contributed by atoms with Crippen LogP contribution in [0.1, 0.15) is 12.5 Å². The van der Waals surface area contributed by atoms with E-state index in [1.54, 1.807) is 18.2 Å². The Morgan fingerprint density at radius 3 is 2.52 bits per heavy atom. The lowest BCUT2D eigenvalue weighted by molar-refractivity contribution is -0.384. The molecule has 3 N–H and O–H groups in total. The number of hydrogen-bond acceptors (Lipinski definition) is 8. The van der Waals surface area contributed by atoms with E-state index in [4.69, 9.17) is 4.74 Å². The first-order valence-corrected chi connectivity index (χ1v) is 10.5. The van der Waals surface area contributed by atoms with Gasteiger partial charge in [0.15, 0.2) is 6.10 Å². The number of nitrogens with one attached hydrogen (secondary N) is 3. The van der Waals surface area contributed by atoms with Crippen LogP contribution in [0.5, 0.6) is 0 Å². The van der Waals surface area contributed by atoms with E-state index < -0.39 is 50.1 Å². The molecular weight excluding hydrogens is 428 g/mol. The van der Waals surface area contributed by atoms with Gasteiger partial charge in [0.25, 0.3) is 11.6 Å². The molecular formula is C19H22N4O7S. The third kappa shape index (κ3) is 6.49. The average molecular weight is 450 g/mol. The van der Waals surface area contributed by atoms with Crippen molar-refractivity contribution in [1.29, 1.82) is 0 Å². The summed E-state index contributed by atoms with van der Waals surface area (Å²) in [5.74, 6) is -1.57. The lowest BCUT2D eigenvalue weighted by Crippen LogP contribution is -2.35. The summed E-state index contributed by atoms with van der Waals surface area (Å²) in [5.41, 5.74) is 1.16. The number of sulfonamides is 1. The molecule has 0 spiro atoms. The highest BCUT2D eigenvalue weighted by atomic mass is 32.2. The van der Waals surface area contributed by atoms with Crippen LogP contribution in [-0.4, -0.2) is 44.9 Å². The Bertz CT molecular complexity index is 1100. The molecule has 2 rings (SSSR count). The molecule has 0 radical (unpaired) electrons. The van der Waals surface area contributed by atoms with Gasteiger partial charge in [0.2, 0.25) is 10.0 Å². The number of benzene rings is 2. The van der Waals surface area contributed by atoms with Gasteiger partial charge in [-0.2, -0.15) is 4.72 Å². The van der Waals surface area contributed by atoms with E-state index in [1.807, 2.05) is 17.7 Å². The first-order chi connectivity index (χ1) is 14.5. The first-order valence-electron chi connectivity index (χ1n) is 9.06. The monoisotopic (exact) mass is 450 g/mol. The lowest BCUT2D eigenvalue weighted by atomic mass is 10.2. The molecule has 2 aromatic carbocycles. The predicted molar refractivity (Wildman–Crippen MR) is 113 cm³/mol. The van der Waals surface area contributed by atoms with Crippen LogP contribution in [0.3, 0.4) is 0 Å². The summed E-state index contributed by atoms with van der Waals surface area (Å²) in [4.78, 5) is 34.1. The van der Waals surface area contributed by atoms with Crippen LogP contribution < -0.4 is 15.4 Å². The lowest BCUT2D eigenvalue weighted by Gasteiger charge is -2.14. The molecule has 0 heterocycles. The number of esters is 1. The number of carbonyl (C=O) groups is 2. The van der Waals surface area contributed by atoms with E-state index in [0.717, 1.165) is 17.7 Å². The standard InChI is InChI=1S/C19H22N4O7S/c1-12-5-4-6-14(9-12)22-19(25)13(2)30-18(24)11-21-31(28,29)15-7-8-16(20-3)17(10-15)23(26)27/h4-10,13,20-21H,11H2,1-3H3,(H,22,25). The zero-order valence-corrected chi connectivity index (χ0v) is 17.9. The maximum Gasteiger partial charge on any atom is 0.321 e. The second-order valence-electron chi connectivity index (χ2n) is 6.50. The van der Waals surface area contributed by atoms with Crippen LogP contribution in [0.15, 0.2) is 47.4 Å². The van der Waals surface area contributed by atoms with Crippen molar-refractivity contribution in [3.63, 3.8) is 0 Å². The smallest absolute Gasteiger partial charge is 0.321 e. The second-order valence-corrected chi connectivity index (χ2v) is 8.27. The number of hydrogen-bond donors (Lipinski definition) is 3. The van der Waals surface area contributed by atoms with E-state index in [0.29, 0.717) is 5.69 Å². The summed E-state index contributed by atoms with van der Waals surface area (Å²) in [6.07, 6.45) is -1.17. The van der Waals surface area contributed by atoms with Gasteiger partial charge < -0.3 is 15.4 Å². The molecule has 31 heavy (non-hydrogen) atoms. The number of aryl methyl sites for hydroxylation is 1. The van der Waals surface area contributed by atoms with Gasteiger partial charge in [-0.1, -0.05) is 12.1 Å². The largest absolute Gasteiger partial charge is 0.452 e. The Labute approximate surface area is 179 Å². The number of nitro groups is 1. The fourth-order valence-corrected chi connectivity index (χ4v) is 3.53. The van der Waals surface area contributed by atoms with Crippen molar-refractivity contribution >= 4 is 39.0 Å².